The summed E-state index contributed by atoms with van der Waals surface area (Å²) in [5.41, 5.74) is 5.09. The van der Waals surface area contributed by atoms with Gasteiger partial charge in [-0.05, 0) is 50.4 Å². The van der Waals surface area contributed by atoms with Crippen LogP contribution in [0.4, 0.5) is 0 Å². The number of carbonyl (C=O) groups excluding carboxylic acids is 1. The molecule has 0 aliphatic heterocycles. The molecule has 154 valence electrons. The van der Waals surface area contributed by atoms with Crippen LogP contribution in [-0.4, -0.2) is 30.9 Å². The molecule has 30 heavy (non-hydrogen) atoms. The summed E-state index contributed by atoms with van der Waals surface area (Å²) in [6.45, 7) is 6.12. The van der Waals surface area contributed by atoms with Crippen LogP contribution in [-0.2, 0) is 13.5 Å². The number of rotatable bonds is 7. The third-order valence-corrected chi connectivity index (χ3v) is 7.09. The lowest BCUT2D eigenvalue weighted by Crippen LogP contribution is -2.07. The molecule has 7 heteroatoms. The Labute approximate surface area is 184 Å². The van der Waals surface area contributed by atoms with Gasteiger partial charge in [-0.1, -0.05) is 35.5 Å². The van der Waals surface area contributed by atoms with Crippen LogP contribution >= 0.6 is 23.1 Å². The van der Waals surface area contributed by atoms with Crippen LogP contribution in [0.3, 0.4) is 0 Å². The number of carbonyl (C=O) groups is 1. The van der Waals surface area contributed by atoms with Gasteiger partial charge in [0.15, 0.2) is 10.9 Å². The van der Waals surface area contributed by atoms with E-state index in [1.54, 1.807) is 11.3 Å². The highest BCUT2D eigenvalue weighted by Crippen LogP contribution is 2.25. The average Bonchev–Trinajstić information content (AvgIpc) is 3.43. The van der Waals surface area contributed by atoms with Gasteiger partial charge >= 0.3 is 0 Å². The van der Waals surface area contributed by atoms with Crippen molar-refractivity contribution in [1.82, 2.24) is 19.3 Å². The van der Waals surface area contributed by atoms with Crippen LogP contribution in [0.2, 0.25) is 0 Å². The van der Waals surface area contributed by atoms with Gasteiger partial charge in [0.2, 0.25) is 0 Å². The lowest BCUT2D eigenvalue weighted by Gasteiger charge is -2.10. The van der Waals surface area contributed by atoms with E-state index in [0.29, 0.717) is 5.75 Å². The third kappa shape index (κ3) is 4.13. The number of thioether (sulfide) groups is 1. The summed E-state index contributed by atoms with van der Waals surface area (Å²) in [5.74, 6) is 1.35. The number of benzene rings is 1. The highest BCUT2D eigenvalue weighted by atomic mass is 32.2. The predicted octanol–water partition coefficient (Wildman–Crippen LogP) is 5.16. The zero-order valence-corrected chi connectivity index (χ0v) is 19.2. The number of hydrogen-bond acceptors (Lipinski definition) is 5. The summed E-state index contributed by atoms with van der Waals surface area (Å²) in [6.07, 6.45) is 0.757. The van der Waals surface area contributed by atoms with Crippen LogP contribution in [0.15, 0.2) is 53.0 Å². The van der Waals surface area contributed by atoms with Crippen molar-refractivity contribution in [1.29, 1.82) is 0 Å². The molecule has 0 saturated heterocycles. The molecule has 0 saturated carbocycles. The van der Waals surface area contributed by atoms with Crippen molar-refractivity contribution in [3.63, 3.8) is 0 Å². The fraction of sp³-hybridized carbons (Fsp3) is 0.261. The molecule has 0 amide bonds. The highest BCUT2D eigenvalue weighted by Gasteiger charge is 2.18. The molecule has 0 unspecified atom stereocenters. The number of hydrogen-bond donors (Lipinski definition) is 0. The number of Topliss-reactive ketones (excluding diaryl/α,β-unsaturated/α-hetero) is 1. The van der Waals surface area contributed by atoms with E-state index in [0.717, 1.165) is 40.0 Å². The summed E-state index contributed by atoms with van der Waals surface area (Å²) < 4.78 is 4.12. The average molecular weight is 437 g/mol. The molecule has 4 rings (SSSR count). The monoisotopic (exact) mass is 436 g/mol. The van der Waals surface area contributed by atoms with Crippen molar-refractivity contribution < 1.29 is 4.79 Å². The first-order valence-electron chi connectivity index (χ1n) is 9.76. The Hall–Kier alpha value is -2.64. The molecule has 5 nitrogen and oxygen atoms in total. The normalized spacial score (nSPS) is 11.2. The molecule has 0 bridgehead atoms. The molecule has 0 fully saturated rings. The van der Waals surface area contributed by atoms with Gasteiger partial charge in [0.05, 0.1) is 5.75 Å². The molecule has 0 atom stereocenters. The van der Waals surface area contributed by atoms with Gasteiger partial charge in [-0.15, -0.1) is 21.5 Å². The number of thiophene rings is 1. The Morgan fingerprint density at radius 1 is 1.10 bits per heavy atom. The maximum Gasteiger partial charge on any atom is 0.191 e. The SMILES string of the molecule is Cc1ccc(-n2c(C)cc(C(=O)CSc3nnc(Cc4cccs4)n3C)c2C)cc1. The molecule has 0 radical (unpaired) electrons. The molecule has 0 aliphatic rings. The van der Waals surface area contributed by atoms with Crippen LogP contribution in [0.5, 0.6) is 0 Å². The van der Waals surface area contributed by atoms with E-state index in [4.69, 9.17) is 0 Å². The second kappa shape index (κ2) is 8.62. The second-order valence-corrected chi connectivity index (χ2v) is 9.36. The Morgan fingerprint density at radius 3 is 2.57 bits per heavy atom. The van der Waals surface area contributed by atoms with E-state index in [1.165, 1.54) is 22.2 Å². The van der Waals surface area contributed by atoms with Crippen molar-refractivity contribution >= 4 is 28.9 Å². The van der Waals surface area contributed by atoms with Crippen LogP contribution in [0, 0.1) is 20.8 Å². The first-order chi connectivity index (χ1) is 14.4. The summed E-state index contributed by atoms with van der Waals surface area (Å²) in [6, 6.07) is 14.5. The van der Waals surface area contributed by atoms with Gasteiger partial charge in [-0.25, -0.2) is 0 Å². The predicted molar refractivity (Wildman–Crippen MR) is 123 cm³/mol. The van der Waals surface area contributed by atoms with E-state index in [2.05, 4.69) is 57.4 Å². The molecular formula is C23H24N4OS2. The largest absolute Gasteiger partial charge is 0.318 e. The Morgan fingerprint density at radius 2 is 1.87 bits per heavy atom. The fourth-order valence-electron chi connectivity index (χ4n) is 3.54. The van der Waals surface area contributed by atoms with Crippen molar-refractivity contribution in [3.8, 4) is 5.69 Å². The fourth-order valence-corrected chi connectivity index (χ4v) is 5.05. The van der Waals surface area contributed by atoms with Gasteiger partial charge in [0, 0.05) is 41.0 Å². The summed E-state index contributed by atoms with van der Waals surface area (Å²) in [7, 11) is 1.96. The minimum Gasteiger partial charge on any atom is -0.318 e. The first-order valence-corrected chi connectivity index (χ1v) is 11.6. The lowest BCUT2D eigenvalue weighted by molar-refractivity contribution is 0.102. The molecule has 0 spiro atoms. The van der Waals surface area contributed by atoms with E-state index in [-0.39, 0.29) is 5.78 Å². The Bertz CT molecular complexity index is 1170. The minimum atomic E-state index is 0.106. The molecule has 4 aromatic rings. The van der Waals surface area contributed by atoms with E-state index in [9.17, 15) is 4.79 Å². The molecule has 0 aliphatic carbocycles. The smallest absolute Gasteiger partial charge is 0.191 e. The zero-order valence-electron chi connectivity index (χ0n) is 17.5. The van der Waals surface area contributed by atoms with E-state index < -0.39 is 0 Å². The van der Waals surface area contributed by atoms with Gasteiger partial charge < -0.3 is 9.13 Å². The quantitative estimate of drug-likeness (QED) is 0.297. The molecule has 3 heterocycles. The standard InChI is InChI=1S/C23H24N4OS2/c1-15-7-9-18(10-8-15)27-16(2)12-20(17(27)3)21(28)14-30-23-25-24-22(26(23)4)13-19-6-5-11-29-19/h5-12H,13-14H2,1-4H3. The van der Waals surface area contributed by atoms with Crippen LogP contribution < -0.4 is 0 Å². The maximum atomic E-state index is 13.0. The van der Waals surface area contributed by atoms with Crippen molar-refractivity contribution in [3.05, 3.63) is 81.1 Å². The second-order valence-electron chi connectivity index (χ2n) is 7.38. The lowest BCUT2D eigenvalue weighted by atomic mass is 10.2. The number of nitrogens with zero attached hydrogens (tertiary/aromatic N) is 4. The highest BCUT2D eigenvalue weighted by molar-refractivity contribution is 7.99. The first kappa shape index (κ1) is 20.6. The van der Waals surface area contributed by atoms with Gasteiger partial charge in [0.1, 0.15) is 5.82 Å². The number of aryl methyl sites for hydroxylation is 2. The van der Waals surface area contributed by atoms with E-state index >= 15 is 0 Å². The van der Waals surface area contributed by atoms with Gasteiger partial charge in [0.25, 0.3) is 0 Å². The minimum absolute atomic E-state index is 0.106. The topological polar surface area (TPSA) is 52.7 Å². The Balaban J connectivity index is 1.48. The van der Waals surface area contributed by atoms with Crippen LogP contribution in [0.25, 0.3) is 5.69 Å². The number of aromatic nitrogens is 4. The van der Waals surface area contributed by atoms with Gasteiger partial charge in [-0.2, -0.15) is 0 Å². The summed E-state index contributed by atoms with van der Waals surface area (Å²) in [4.78, 5) is 14.2. The van der Waals surface area contributed by atoms with Crippen molar-refractivity contribution in [2.75, 3.05) is 5.75 Å². The van der Waals surface area contributed by atoms with Crippen molar-refractivity contribution in [2.45, 2.75) is 32.3 Å². The third-order valence-electron chi connectivity index (χ3n) is 5.19. The zero-order chi connectivity index (χ0) is 21.3. The molecular weight excluding hydrogens is 412 g/mol. The molecule has 1 aromatic carbocycles. The van der Waals surface area contributed by atoms with Crippen molar-refractivity contribution in [2.24, 2.45) is 7.05 Å². The van der Waals surface area contributed by atoms with Crippen LogP contribution in [0.1, 0.15) is 38.0 Å². The Kier molecular flexibility index (Phi) is 5.92. The van der Waals surface area contributed by atoms with E-state index in [1.807, 2.05) is 37.6 Å². The summed E-state index contributed by atoms with van der Waals surface area (Å²) >= 11 is 3.15. The molecule has 0 N–H and O–H groups in total. The van der Waals surface area contributed by atoms with Gasteiger partial charge in [-0.3, -0.25) is 4.79 Å². The summed E-state index contributed by atoms with van der Waals surface area (Å²) in [5, 5.41) is 11.4. The molecule has 3 aromatic heterocycles. The maximum absolute atomic E-state index is 13.0. The number of ketones is 1.